The summed E-state index contributed by atoms with van der Waals surface area (Å²) in [6, 6.07) is 5.55. The van der Waals surface area contributed by atoms with Crippen molar-refractivity contribution in [3.63, 3.8) is 0 Å². The van der Waals surface area contributed by atoms with Crippen molar-refractivity contribution in [2.75, 3.05) is 5.75 Å². The fraction of sp³-hybridized carbons (Fsp3) is 0.308. The van der Waals surface area contributed by atoms with E-state index >= 15 is 0 Å². The summed E-state index contributed by atoms with van der Waals surface area (Å²) in [7, 11) is 0. The number of benzene rings is 1. The molecule has 0 radical (unpaired) electrons. The van der Waals surface area contributed by atoms with Crippen molar-refractivity contribution in [3.8, 4) is 5.69 Å². The van der Waals surface area contributed by atoms with E-state index in [0.717, 1.165) is 26.8 Å². The van der Waals surface area contributed by atoms with Crippen LogP contribution >= 0.6 is 46.0 Å². The third kappa shape index (κ3) is 3.89. The fourth-order valence-electron chi connectivity index (χ4n) is 1.76. The van der Waals surface area contributed by atoms with Crippen LogP contribution < -0.4 is 0 Å². The maximum atomic E-state index is 10.8. The van der Waals surface area contributed by atoms with Gasteiger partial charge in [0.05, 0.1) is 11.4 Å². The summed E-state index contributed by atoms with van der Waals surface area (Å²) in [5.41, 5.74) is 0.904. The number of nitrogens with zero attached hydrogens (tertiary/aromatic N) is 3. The molecule has 0 atom stereocenters. The van der Waals surface area contributed by atoms with Gasteiger partial charge in [-0.1, -0.05) is 37.2 Å². The minimum atomic E-state index is -0.883. The molecule has 0 saturated heterocycles. The van der Waals surface area contributed by atoms with E-state index in [9.17, 15) is 4.79 Å². The molecule has 0 unspecified atom stereocenters. The van der Waals surface area contributed by atoms with Crippen molar-refractivity contribution in [2.45, 2.75) is 24.9 Å². The lowest BCUT2D eigenvalue weighted by Gasteiger charge is -2.13. The van der Waals surface area contributed by atoms with Crippen LogP contribution in [0.5, 0.6) is 0 Å². The van der Waals surface area contributed by atoms with Crippen molar-refractivity contribution in [1.82, 2.24) is 14.8 Å². The van der Waals surface area contributed by atoms with Crippen LogP contribution in [0.2, 0.25) is 5.02 Å². The molecule has 0 aliphatic rings. The zero-order valence-corrected chi connectivity index (χ0v) is 15.1. The zero-order valence-electron chi connectivity index (χ0n) is 11.4. The summed E-state index contributed by atoms with van der Waals surface area (Å²) in [5.74, 6) is 0.0261. The second kappa shape index (κ2) is 6.97. The number of aromatic nitrogens is 3. The molecule has 0 aliphatic carbocycles. The largest absolute Gasteiger partial charge is 0.481 e. The van der Waals surface area contributed by atoms with Gasteiger partial charge in [-0.15, -0.1) is 10.2 Å². The SMILES string of the molecule is CC(C)c1nnc(SCC(=O)O)n1-c1ccc(Cl)cc1I. The Hall–Kier alpha value is -0.800. The zero-order chi connectivity index (χ0) is 15.6. The molecule has 2 rings (SSSR count). The van der Waals surface area contributed by atoms with Crippen molar-refractivity contribution in [3.05, 3.63) is 32.6 Å². The molecule has 1 aromatic carbocycles. The number of halogens is 2. The monoisotopic (exact) mass is 437 g/mol. The Morgan fingerprint density at radius 3 is 2.76 bits per heavy atom. The van der Waals surface area contributed by atoms with E-state index in [-0.39, 0.29) is 11.7 Å². The summed E-state index contributed by atoms with van der Waals surface area (Å²) in [6.45, 7) is 4.05. The topological polar surface area (TPSA) is 68.0 Å². The second-order valence-electron chi connectivity index (χ2n) is 4.61. The Labute approximate surface area is 145 Å². The van der Waals surface area contributed by atoms with Crippen molar-refractivity contribution < 1.29 is 9.90 Å². The van der Waals surface area contributed by atoms with E-state index < -0.39 is 5.97 Å². The van der Waals surface area contributed by atoms with E-state index in [2.05, 4.69) is 32.8 Å². The summed E-state index contributed by atoms with van der Waals surface area (Å²) < 4.78 is 2.86. The standard InChI is InChI=1S/C13H13ClIN3O2S/c1-7(2)12-16-17-13(21-6-11(19)20)18(12)10-4-3-8(14)5-9(10)15/h3-5,7H,6H2,1-2H3,(H,19,20). The lowest BCUT2D eigenvalue weighted by atomic mass is 10.2. The normalized spacial score (nSPS) is 11.1. The molecule has 0 fully saturated rings. The van der Waals surface area contributed by atoms with E-state index in [4.69, 9.17) is 16.7 Å². The molecule has 0 amide bonds. The summed E-state index contributed by atoms with van der Waals surface area (Å²) >= 11 is 9.35. The van der Waals surface area contributed by atoms with Gasteiger partial charge in [0.1, 0.15) is 5.82 Å². The molecule has 2 aromatic rings. The van der Waals surface area contributed by atoms with Crippen LogP contribution in [-0.4, -0.2) is 31.6 Å². The lowest BCUT2D eigenvalue weighted by Crippen LogP contribution is -2.07. The molecule has 0 spiro atoms. The van der Waals surface area contributed by atoms with Crippen LogP contribution in [0.15, 0.2) is 23.4 Å². The van der Waals surface area contributed by atoms with Crippen molar-refractivity contribution >= 4 is 51.9 Å². The number of thioether (sulfide) groups is 1. The van der Waals surface area contributed by atoms with Gasteiger partial charge >= 0.3 is 5.97 Å². The first-order valence-electron chi connectivity index (χ1n) is 6.15. The third-order valence-electron chi connectivity index (χ3n) is 2.65. The number of hydrogen-bond donors (Lipinski definition) is 1. The maximum Gasteiger partial charge on any atom is 0.313 e. The minimum absolute atomic E-state index is 0.0552. The summed E-state index contributed by atoms with van der Waals surface area (Å²) in [4.78, 5) is 10.8. The van der Waals surface area contributed by atoms with Gasteiger partial charge in [0, 0.05) is 14.5 Å². The highest BCUT2D eigenvalue weighted by Gasteiger charge is 2.19. The van der Waals surface area contributed by atoms with Crippen LogP contribution in [0.25, 0.3) is 5.69 Å². The maximum absolute atomic E-state index is 10.8. The molecule has 0 bridgehead atoms. The molecule has 21 heavy (non-hydrogen) atoms. The average Bonchev–Trinajstić information content (AvgIpc) is 2.80. The van der Waals surface area contributed by atoms with Crippen LogP contribution in [0.1, 0.15) is 25.6 Å². The Kier molecular flexibility index (Phi) is 5.50. The first-order chi connectivity index (χ1) is 9.90. The van der Waals surface area contributed by atoms with Crippen molar-refractivity contribution in [1.29, 1.82) is 0 Å². The molecule has 0 aliphatic heterocycles. The molecule has 1 aromatic heterocycles. The van der Waals surface area contributed by atoms with Crippen LogP contribution in [0.3, 0.4) is 0 Å². The Bertz CT molecular complexity index is 675. The number of hydrogen-bond acceptors (Lipinski definition) is 4. The van der Waals surface area contributed by atoms with E-state index in [0.29, 0.717) is 10.2 Å². The van der Waals surface area contributed by atoms with Gasteiger partial charge < -0.3 is 5.11 Å². The van der Waals surface area contributed by atoms with Gasteiger partial charge in [0.15, 0.2) is 5.16 Å². The Balaban J connectivity index is 2.52. The van der Waals surface area contributed by atoms with E-state index in [1.54, 1.807) is 6.07 Å². The molecule has 1 N–H and O–H groups in total. The number of carboxylic acids is 1. The Morgan fingerprint density at radius 1 is 1.48 bits per heavy atom. The molecule has 5 nitrogen and oxygen atoms in total. The van der Waals surface area contributed by atoms with Gasteiger partial charge in [-0.3, -0.25) is 9.36 Å². The fourth-order valence-corrected chi connectivity index (χ4v) is 3.55. The highest BCUT2D eigenvalue weighted by Crippen LogP contribution is 2.29. The first kappa shape index (κ1) is 16.6. The number of carbonyl (C=O) groups is 1. The van der Waals surface area contributed by atoms with Crippen LogP contribution in [0.4, 0.5) is 0 Å². The summed E-state index contributed by atoms with van der Waals surface area (Å²) in [5, 5.41) is 18.4. The number of rotatable bonds is 5. The predicted octanol–water partition coefficient (Wildman–Crippen LogP) is 3.83. The Morgan fingerprint density at radius 2 is 2.19 bits per heavy atom. The van der Waals surface area contributed by atoms with Gasteiger partial charge in [0.2, 0.25) is 0 Å². The predicted molar refractivity (Wildman–Crippen MR) is 91.5 cm³/mol. The molecular weight excluding hydrogens is 425 g/mol. The highest BCUT2D eigenvalue weighted by molar-refractivity contribution is 14.1. The summed E-state index contributed by atoms with van der Waals surface area (Å²) in [6.07, 6.45) is 0. The van der Waals surface area contributed by atoms with Gasteiger partial charge in [0.25, 0.3) is 0 Å². The van der Waals surface area contributed by atoms with Gasteiger partial charge in [-0.2, -0.15) is 0 Å². The van der Waals surface area contributed by atoms with E-state index in [1.165, 1.54) is 0 Å². The highest BCUT2D eigenvalue weighted by atomic mass is 127. The van der Waals surface area contributed by atoms with Crippen molar-refractivity contribution in [2.24, 2.45) is 0 Å². The third-order valence-corrected chi connectivity index (χ3v) is 4.66. The number of aliphatic carboxylic acids is 1. The quantitative estimate of drug-likeness (QED) is 0.569. The second-order valence-corrected chi connectivity index (χ2v) is 7.15. The smallest absolute Gasteiger partial charge is 0.313 e. The molecule has 8 heteroatoms. The molecule has 0 saturated carbocycles. The average molecular weight is 438 g/mol. The number of carboxylic acid groups (broad SMARTS) is 1. The molecule has 1 heterocycles. The first-order valence-corrected chi connectivity index (χ1v) is 8.59. The molecular formula is C13H13ClIN3O2S. The van der Waals surface area contributed by atoms with Crippen LogP contribution in [0, 0.1) is 3.57 Å². The minimum Gasteiger partial charge on any atom is -0.481 e. The van der Waals surface area contributed by atoms with Gasteiger partial charge in [-0.25, -0.2) is 0 Å². The molecule has 112 valence electrons. The lowest BCUT2D eigenvalue weighted by molar-refractivity contribution is -0.133. The van der Waals surface area contributed by atoms with Crippen LogP contribution in [-0.2, 0) is 4.79 Å². The van der Waals surface area contributed by atoms with E-state index in [1.807, 2.05) is 30.5 Å². The van der Waals surface area contributed by atoms with Gasteiger partial charge in [-0.05, 0) is 40.8 Å².